The topological polar surface area (TPSA) is 112 Å². The average Bonchev–Trinajstić information content (AvgIpc) is 3.26. The lowest BCUT2D eigenvalue weighted by Gasteiger charge is -2.34. The first kappa shape index (κ1) is 59.4. The summed E-state index contributed by atoms with van der Waals surface area (Å²) in [4.78, 5) is 40.1. The number of hydrogen-bond acceptors (Lipinski definition) is 6. The van der Waals surface area contributed by atoms with E-state index in [1.807, 2.05) is 0 Å². The van der Waals surface area contributed by atoms with Gasteiger partial charge in [0.15, 0.2) is 35.2 Å². The molecule has 0 heterocycles. The highest BCUT2D eigenvalue weighted by Crippen LogP contribution is 2.26. The van der Waals surface area contributed by atoms with Crippen molar-refractivity contribution in [3.8, 4) is 0 Å². The monoisotopic (exact) mass is 859 g/mol. The molecule has 0 saturated heterocycles. The Morgan fingerprint density at radius 2 is 0.557 bits per heavy atom. The van der Waals surface area contributed by atoms with E-state index in [2.05, 4.69) is 45.1 Å². The van der Waals surface area contributed by atoms with Crippen LogP contribution >= 0.6 is 0 Å². The Kier molecular flexibility index (Phi) is 43.8. The Balaban J connectivity index is 4.81. The van der Waals surface area contributed by atoms with Crippen LogP contribution in [0.25, 0.3) is 0 Å². The highest BCUT2D eigenvalue weighted by molar-refractivity contribution is 6.01. The van der Waals surface area contributed by atoms with Crippen LogP contribution in [-0.2, 0) is 14.4 Å². The summed E-state index contributed by atoms with van der Waals surface area (Å²) in [6, 6.07) is 0. The largest absolute Gasteiger partial charge is 0.382 e. The Labute approximate surface area is 378 Å². The number of unbranched alkanes of at least 4 members (excludes halogenated alkanes) is 34. The van der Waals surface area contributed by atoms with Crippen molar-refractivity contribution in [1.82, 2.24) is 0 Å². The predicted molar refractivity (Wildman–Crippen MR) is 261 cm³/mol. The van der Waals surface area contributed by atoms with Crippen molar-refractivity contribution < 1.29 is 29.7 Å². The SMILES string of the molecule is CCCCCCCC/C=C\CCCCCCCC(=O)C(O)C(O)(C(=O)CCCCCCCCCCCCCCC)C(O)C(=O)CCCCCCC/C=C\CCCCCCCC. The van der Waals surface area contributed by atoms with E-state index in [0.717, 1.165) is 96.3 Å². The number of Topliss-reactive ketones (excluding diaryl/α,β-unsaturated/α-hetero) is 3. The highest BCUT2D eigenvalue weighted by Gasteiger charge is 2.53. The minimum Gasteiger partial charge on any atom is -0.382 e. The third-order valence-corrected chi connectivity index (χ3v) is 12.8. The van der Waals surface area contributed by atoms with E-state index in [0.29, 0.717) is 19.3 Å². The fourth-order valence-electron chi connectivity index (χ4n) is 8.46. The molecule has 0 aromatic carbocycles. The zero-order valence-electron chi connectivity index (χ0n) is 40.7. The molecule has 358 valence electrons. The van der Waals surface area contributed by atoms with Crippen LogP contribution in [0.4, 0.5) is 0 Å². The van der Waals surface area contributed by atoms with Gasteiger partial charge in [-0.15, -0.1) is 0 Å². The number of aliphatic hydroxyl groups excluding tert-OH is 2. The van der Waals surface area contributed by atoms with Gasteiger partial charge in [-0.2, -0.15) is 0 Å². The number of allylic oxidation sites excluding steroid dienone is 4. The van der Waals surface area contributed by atoms with Gasteiger partial charge >= 0.3 is 0 Å². The van der Waals surface area contributed by atoms with Gasteiger partial charge in [0.2, 0.25) is 0 Å². The number of hydrogen-bond donors (Lipinski definition) is 3. The highest BCUT2D eigenvalue weighted by atomic mass is 16.4. The molecule has 0 aromatic rings. The van der Waals surface area contributed by atoms with E-state index < -0.39 is 35.2 Å². The maximum Gasteiger partial charge on any atom is 0.189 e. The molecule has 0 spiro atoms. The first-order valence-electron chi connectivity index (χ1n) is 26.7. The lowest BCUT2D eigenvalue weighted by molar-refractivity contribution is -0.181. The molecule has 0 saturated carbocycles. The molecule has 3 N–H and O–H groups in total. The Morgan fingerprint density at radius 1 is 0.344 bits per heavy atom. The molecule has 0 aliphatic rings. The maximum absolute atomic E-state index is 13.6. The summed E-state index contributed by atoms with van der Waals surface area (Å²) < 4.78 is 0. The molecule has 0 rings (SSSR count). The van der Waals surface area contributed by atoms with Crippen LogP contribution in [0.15, 0.2) is 24.3 Å². The third-order valence-electron chi connectivity index (χ3n) is 12.8. The molecule has 2 atom stereocenters. The lowest BCUT2D eigenvalue weighted by atomic mass is 9.78. The summed E-state index contributed by atoms with van der Waals surface area (Å²) in [6.07, 6.45) is 48.9. The van der Waals surface area contributed by atoms with E-state index >= 15 is 0 Å². The van der Waals surface area contributed by atoms with Crippen LogP contribution in [0.3, 0.4) is 0 Å². The molecule has 6 nitrogen and oxygen atoms in total. The van der Waals surface area contributed by atoms with Crippen molar-refractivity contribution >= 4 is 17.3 Å². The van der Waals surface area contributed by atoms with E-state index in [9.17, 15) is 29.7 Å². The van der Waals surface area contributed by atoms with Gasteiger partial charge < -0.3 is 15.3 Å². The summed E-state index contributed by atoms with van der Waals surface area (Å²) in [5, 5.41) is 34.1. The van der Waals surface area contributed by atoms with Crippen molar-refractivity contribution in [3.05, 3.63) is 24.3 Å². The summed E-state index contributed by atoms with van der Waals surface area (Å²) >= 11 is 0. The molecule has 0 aliphatic heterocycles. The van der Waals surface area contributed by atoms with Crippen LogP contribution in [0, 0.1) is 0 Å². The normalized spacial score (nSPS) is 13.9. The second-order valence-corrected chi connectivity index (χ2v) is 18.6. The summed E-state index contributed by atoms with van der Waals surface area (Å²) in [7, 11) is 0. The number of rotatable bonds is 49. The number of ketones is 3. The minimum absolute atomic E-state index is 0.00278. The van der Waals surface area contributed by atoms with E-state index in [1.54, 1.807) is 0 Å². The van der Waals surface area contributed by atoms with Crippen molar-refractivity contribution in [1.29, 1.82) is 0 Å². The predicted octanol–water partition coefficient (Wildman–Crippen LogP) is 15.7. The van der Waals surface area contributed by atoms with Gasteiger partial charge in [0, 0.05) is 19.3 Å². The molecule has 0 aliphatic carbocycles. The summed E-state index contributed by atoms with van der Waals surface area (Å²) in [5.41, 5.74) is -2.81. The quantitative estimate of drug-likeness (QED) is 0.0415. The molecule has 61 heavy (non-hydrogen) atoms. The van der Waals surface area contributed by atoms with E-state index in [1.165, 1.54) is 135 Å². The molecular formula is C55H102O6. The molecule has 6 heteroatoms. The average molecular weight is 859 g/mol. The first-order chi connectivity index (χ1) is 29.8. The number of aliphatic hydroxyl groups is 3. The Bertz CT molecular complexity index is 991. The van der Waals surface area contributed by atoms with Gasteiger partial charge in [-0.3, -0.25) is 14.4 Å². The van der Waals surface area contributed by atoms with Crippen molar-refractivity contribution in [2.45, 2.75) is 308 Å². The molecule has 0 bridgehead atoms. The molecule has 2 unspecified atom stereocenters. The van der Waals surface area contributed by atoms with Crippen molar-refractivity contribution in [2.24, 2.45) is 0 Å². The number of carbonyl (C=O) groups excluding carboxylic acids is 3. The van der Waals surface area contributed by atoms with Gasteiger partial charge in [-0.25, -0.2) is 0 Å². The van der Waals surface area contributed by atoms with Crippen LogP contribution in [0.1, 0.15) is 290 Å². The molecule has 0 fully saturated rings. The molecular weight excluding hydrogens is 757 g/mol. The van der Waals surface area contributed by atoms with Crippen LogP contribution in [0.5, 0.6) is 0 Å². The van der Waals surface area contributed by atoms with Crippen molar-refractivity contribution in [2.75, 3.05) is 0 Å². The standard InChI is InChI=1S/C55H102O6/c1-4-7-10-13-16-19-22-25-27-30-32-35-38-41-44-47-50(56)53(59)55(61,52(58)49-46-43-40-37-34-29-24-21-18-15-12-9-6-3)54(60)51(57)48-45-42-39-36-33-31-28-26-23-20-17-14-11-8-5-2/h25-28,53-54,59-61H,4-24,29-49H2,1-3H3/b27-25-,28-26-. The fourth-order valence-corrected chi connectivity index (χ4v) is 8.46. The second kappa shape index (κ2) is 45.0. The zero-order valence-corrected chi connectivity index (χ0v) is 40.7. The third kappa shape index (κ3) is 34.5. The lowest BCUT2D eigenvalue weighted by Crippen LogP contribution is -2.63. The molecule has 0 radical (unpaired) electrons. The van der Waals surface area contributed by atoms with E-state index in [4.69, 9.17) is 0 Å². The Hall–Kier alpha value is -1.63. The maximum atomic E-state index is 13.6. The molecule has 0 amide bonds. The minimum atomic E-state index is -2.81. The van der Waals surface area contributed by atoms with Crippen LogP contribution in [-0.4, -0.2) is 50.5 Å². The van der Waals surface area contributed by atoms with Crippen LogP contribution in [0.2, 0.25) is 0 Å². The van der Waals surface area contributed by atoms with E-state index in [-0.39, 0.29) is 19.3 Å². The smallest absolute Gasteiger partial charge is 0.189 e. The van der Waals surface area contributed by atoms with Gasteiger partial charge in [0.05, 0.1) is 0 Å². The second-order valence-electron chi connectivity index (χ2n) is 18.6. The van der Waals surface area contributed by atoms with Crippen LogP contribution < -0.4 is 0 Å². The summed E-state index contributed by atoms with van der Waals surface area (Å²) in [5.74, 6) is -2.15. The molecule has 0 aromatic heterocycles. The van der Waals surface area contributed by atoms with Gasteiger partial charge in [-0.1, -0.05) is 225 Å². The Morgan fingerprint density at radius 3 is 0.820 bits per heavy atom. The first-order valence-corrected chi connectivity index (χ1v) is 26.7. The van der Waals surface area contributed by atoms with Gasteiger partial charge in [0.1, 0.15) is 0 Å². The van der Waals surface area contributed by atoms with Gasteiger partial charge in [-0.05, 0) is 70.6 Å². The van der Waals surface area contributed by atoms with Gasteiger partial charge in [0.25, 0.3) is 0 Å². The number of carbonyl (C=O) groups is 3. The fraction of sp³-hybridized carbons (Fsp3) is 0.873. The summed E-state index contributed by atoms with van der Waals surface area (Å²) in [6.45, 7) is 6.74. The van der Waals surface area contributed by atoms with Crippen molar-refractivity contribution in [3.63, 3.8) is 0 Å². The zero-order chi connectivity index (χ0) is 44.9.